The first kappa shape index (κ1) is 23.9. The van der Waals surface area contributed by atoms with Crippen molar-refractivity contribution in [1.29, 1.82) is 0 Å². The van der Waals surface area contributed by atoms with Crippen molar-refractivity contribution in [3.63, 3.8) is 0 Å². The van der Waals surface area contributed by atoms with Crippen LogP contribution in [0.15, 0.2) is 93.5 Å². The standard InChI is InChI=1S/C26H27F3O2S/c1-18(2)20-10-14-23(15-11-20)32(22-8-6-5-7-9-22,31-25(30)26(27,28)29)24-16-12-21(13-17-24)19(3)4/h5-19H,1-4H3. The average Bonchev–Trinajstić information content (AvgIpc) is 2.77. The number of hydrogen-bond donors (Lipinski definition) is 0. The molecule has 0 aliphatic heterocycles. The van der Waals surface area contributed by atoms with Crippen molar-refractivity contribution in [1.82, 2.24) is 0 Å². The van der Waals surface area contributed by atoms with Gasteiger partial charge in [0.2, 0.25) is 0 Å². The second-order valence-corrected chi connectivity index (χ2v) is 10.9. The minimum Gasteiger partial charge on any atom is -0.395 e. The van der Waals surface area contributed by atoms with E-state index >= 15 is 0 Å². The molecule has 0 aliphatic rings. The van der Waals surface area contributed by atoms with E-state index in [1.807, 2.05) is 52.0 Å². The lowest BCUT2D eigenvalue weighted by Gasteiger charge is -2.40. The largest absolute Gasteiger partial charge is 0.491 e. The molecular weight excluding hydrogens is 433 g/mol. The summed E-state index contributed by atoms with van der Waals surface area (Å²) in [5.41, 5.74) is 2.10. The van der Waals surface area contributed by atoms with Crippen molar-refractivity contribution in [2.24, 2.45) is 0 Å². The first-order chi connectivity index (χ1) is 15.1. The van der Waals surface area contributed by atoms with E-state index in [2.05, 4.69) is 0 Å². The molecule has 0 aliphatic carbocycles. The van der Waals surface area contributed by atoms with E-state index in [9.17, 15) is 18.0 Å². The normalized spacial score (nSPS) is 12.8. The maximum atomic E-state index is 13.4. The van der Waals surface area contributed by atoms with Crippen LogP contribution in [0.25, 0.3) is 0 Å². The zero-order valence-electron chi connectivity index (χ0n) is 18.5. The SMILES string of the molecule is CC(C)c1ccc(S(OC(=O)C(F)(F)F)(c2ccccc2)c2ccc(C(C)C)cc2)cc1. The van der Waals surface area contributed by atoms with Crippen LogP contribution < -0.4 is 0 Å². The summed E-state index contributed by atoms with van der Waals surface area (Å²) >= 11 is 0. The molecule has 0 bridgehead atoms. The Morgan fingerprint density at radius 2 is 1.06 bits per heavy atom. The Bertz CT molecular complexity index is 990. The van der Waals surface area contributed by atoms with Gasteiger partial charge >= 0.3 is 12.1 Å². The molecule has 3 rings (SSSR count). The predicted molar refractivity (Wildman–Crippen MR) is 122 cm³/mol. The molecule has 0 heterocycles. The van der Waals surface area contributed by atoms with E-state index in [0.717, 1.165) is 11.1 Å². The Labute approximate surface area is 189 Å². The zero-order chi connectivity index (χ0) is 23.5. The molecule has 170 valence electrons. The molecule has 0 unspecified atom stereocenters. The van der Waals surface area contributed by atoms with Crippen LogP contribution >= 0.6 is 10.3 Å². The summed E-state index contributed by atoms with van der Waals surface area (Å²) in [7, 11) is -2.97. The van der Waals surface area contributed by atoms with E-state index in [-0.39, 0.29) is 11.8 Å². The number of hydrogen-bond acceptors (Lipinski definition) is 2. The summed E-state index contributed by atoms with van der Waals surface area (Å²) in [6.45, 7) is 8.17. The van der Waals surface area contributed by atoms with E-state index in [1.54, 1.807) is 54.6 Å². The van der Waals surface area contributed by atoms with Crippen LogP contribution in [-0.2, 0) is 8.98 Å². The van der Waals surface area contributed by atoms with Crippen LogP contribution in [-0.4, -0.2) is 12.1 Å². The van der Waals surface area contributed by atoms with Crippen LogP contribution in [0, 0.1) is 0 Å². The molecule has 0 amide bonds. The van der Waals surface area contributed by atoms with Gasteiger partial charge < -0.3 is 4.18 Å². The van der Waals surface area contributed by atoms with E-state index in [0.29, 0.717) is 14.7 Å². The Morgan fingerprint density at radius 3 is 1.41 bits per heavy atom. The Balaban J connectivity index is 2.30. The van der Waals surface area contributed by atoms with Crippen LogP contribution in [0.4, 0.5) is 13.2 Å². The molecule has 0 fully saturated rings. The zero-order valence-corrected chi connectivity index (χ0v) is 19.3. The third-order valence-electron chi connectivity index (χ3n) is 5.26. The Kier molecular flexibility index (Phi) is 7.03. The Hall–Kier alpha value is -2.73. The lowest BCUT2D eigenvalue weighted by Crippen LogP contribution is -2.27. The first-order valence-corrected chi connectivity index (χ1v) is 12.0. The number of rotatable bonds is 6. The molecule has 6 heteroatoms. The maximum absolute atomic E-state index is 13.4. The van der Waals surface area contributed by atoms with Crippen LogP contribution in [0.2, 0.25) is 0 Å². The highest BCUT2D eigenvalue weighted by molar-refractivity contribution is 8.30. The van der Waals surface area contributed by atoms with Gasteiger partial charge in [-0.15, -0.1) is 0 Å². The van der Waals surface area contributed by atoms with Gasteiger partial charge in [0, 0.05) is 14.7 Å². The van der Waals surface area contributed by atoms with Crippen molar-refractivity contribution in [2.75, 3.05) is 0 Å². The van der Waals surface area contributed by atoms with Gasteiger partial charge in [-0.25, -0.2) is 4.79 Å². The number of carbonyl (C=O) groups is 1. The number of alkyl halides is 3. The van der Waals surface area contributed by atoms with Crippen molar-refractivity contribution >= 4 is 16.3 Å². The summed E-state index contributed by atoms with van der Waals surface area (Å²) in [5.74, 6) is -1.68. The van der Waals surface area contributed by atoms with Crippen molar-refractivity contribution < 1.29 is 22.1 Å². The van der Waals surface area contributed by atoms with Crippen LogP contribution in [0.5, 0.6) is 0 Å². The summed E-state index contributed by atoms with van der Waals surface area (Å²) in [6.07, 6.45) is -5.11. The molecule has 0 atom stereocenters. The molecule has 0 aromatic heterocycles. The molecule has 0 spiro atoms. The number of benzene rings is 3. The van der Waals surface area contributed by atoms with Gasteiger partial charge in [0.25, 0.3) is 0 Å². The molecule has 3 aromatic rings. The molecule has 0 N–H and O–H groups in total. The fourth-order valence-electron chi connectivity index (χ4n) is 3.41. The molecule has 3 aromatic carbocycles. The van der Waals surface area contributed by atoms with Gasteiger partial charge in [0.15, 0.2) is 0 Å². The van der Waals surface area contributed by atoms with Gasteiger partial charge in [-0.2, -0.15) is 13.2 Å². The monoisotopic (exact) mass is 460 g/mol. The van der Waals surface area contributed by atoms with Gasteiger partial charge in [0.1, 0.15) is 0 Å². The molecule has 0 saturated carbocycles. The first-order valence-electron chi connectivity index (χ1n) is 10.4. The highest BCUT2D eigenvalue weighted by Gasteiger charge is 2.47. The molecule has 0 radical (unpaired) electrons. The fraction of sp³-hybridized carbons (Fsp3) is 0.269. The van der Waals surface area contributed by atoms with Gasteiger partial charge in [-0.3, -0.25) is 0 Å². The average molecular weight is 461 g/mol. The smallest absolute Gasteiger partial charge is 0.395 e. The summed E-state index contributed by atoms with van der Waals surface area (Å²) < 4.78 is 45.7. The van der Waals surface area contributed by atoms with Gasteiger partial charge in [-0.1, -0.05) is 70.2 Å². The van der Waals surface area contributed by atoms with Crippen molar-refractivity contribution in [3.8, 4) is 0 Å². The Morgan fingerprint density at radius 1 is 0.688 bits per heavy atom. The van der Waals surface area contributed by atoms with Crippen molar-refractivity contribution in [2.45, 2.75) is 60.4 Å². The predicted octanol–water partition coefficient (Wildman–Crippen LogP) is 8.24. The summed E-state index contributed by atoms with van der Waals surface area (Å²) in [4.78, 5) is 13.8. The van der Waals surface area contributed by atoms with Crippen LogP contribution in [0.3, 0.4) is 0 Å². The second kappa shape index (κ2) is 9.41. The highest BCUT2D eigenvalue weighted by atomic mass is 32.3. The van der Waals surface area contributed by atoms with Gasteiger partial charge in [-0.05, 0) is 69.7 Å². The number of halogens is 3. The van der Waals surface area contributed by atoms with E-state index in [4.69, 9.17) is 4.18 Å². The molecule has 0 saturated heterocycles. The van der Waals surface area contributed by atoms with Gasteiger partial charge in [0.05, 0.1) is 0 Å². The molecule has 2 nitrogen and oxygen atoms in total. The number of carbonyl (C=O) groups excluding carboxylic acids is 1. The van der Waals surface area contributed by atoms with Crippen LogP contribution in [0.1, 0.15) is 50.7 Å². The maximum Gasteiger partial charge on any atom is 0.491 e. The summed E-state index contributed by atoms with van der Waals surface area (Å²) in [5, 5.41) is 0. The quantitative estimate of drug-likeness (QED) is 0.370. The fourth-order valence-corrected chi connectivity index (χ4v) is 6.42. The second-order valence-electron chi connectivity index (χ2n) is 8.19. The van der Waals surface area contributed by atoms with E-state index in [1.165, 1.54) is 0 Å². The minimum absolute atomic E-state index is 0.258. The lowest BCUT2D eigenvalue weighted by atomic mass is 10.0. The topological polar surface area (TPSA) is 26.3 Å². The van der Waals surface area contributed by atoms with E-state index < -0.39 is 22.5 Å². The van der Waals surface area contributed by atoms with Crippen molar-refractivity contribution in [3.05, 3.63) is 90.0 Å². The third-order valence-corrected chi connectivity index (χ3v) is 8.47. The minimum atomic E-state index is -5.11. The summed E-state index contributed by atoms with van der Waals surface area (Å²) in [6, 6.07) is 23.3. The molecular formula is C26H27F3O2S. The lowest BCUT2D eigenvalue weighted by molar-refractivity contribution is -0.188. The molecule has 32 heavy (non-hydrogen) atoms. The highest BCUT2D eigenvalue weighted by Crippen LogP contribution is 2.69. The third kappa shape index (κ3) is 4.85.